The van der Waals surface area contributed by atoms with Crippen molar-refractivity contribution in [3.8, 4) is 5.75 Å². The Bertz CT molecular complexity index is 881. The number of ether oxygens (including phenoxy) is 1. The summed E-state index contributed by atoms with van der Waals surface area (Å²) in [5.74, 6) is 0.202. The average molecular weight is 400 g/mol. The number of carbonyl (C=O) groups is 2. The molecule has 0 aromatic heterocycles. The molecule has 0 radical (unpaired) electrons. The van der Waals surface area contributed by atoms with Crippen molar-refractivity contribution in [2.24, 2.45) is 0 Å². The Labute approximate surface area is 170 Å². The van der Waals surface area contributed by atoms with Gasteiger partial charge in [-0.15, -0.1) is 0 Å². The van der Waals surface area contributed by atoms with Gasteiger partial charge in [0.25, 0.3) is 11.8 Å². The molecule has 0 heterocycles. The number of carbonyl (C=O) groups excluding carboxylic acids is 2. The van der Waals surface area contributed by atoms with E-state index in [0.29, 0.717) is 11.3 Å². The van der Waals surface area contributed by atoms with E-state index in [-0.39, 0.29) is 23.5 Å². The van der Waals surface area contributed by atoms with Gasteiger partial charge in [0.1, 0.15) is 5.75 Å². The fourth-order valence-corrected chi connectivity index (χ4v) is 2.72. The fourth-order valence-electron chi connectivity index (χ4n) is 2.58. The molecule has 2 rings (SSSR count). The molecule has 0 spiro atoms. The second-order valence-electron chi connectivity index (χ2n) is 6.76. The first kappa shape index (κ1) is 21.4. The van der Waals surface area contributed by atoms with E-state index in [4.69, 9.17) is 17.0 Å². The number of aryl methyl sites for hydroxylation is 2. The fraction of sp³-hybridized carbons (Fsp3) is 0.286. The van der Waals surface area contributed by atoms with Crippen LogP contribution in [0.5, 0.6) is 5.75 Å². The summed E-state index contributed by atoms with van der Waals surface area (Å²) in [5.41, 5.74) is 8.36. The summed E-state index contributed by atoms with van der Waals surface area (Å²) in [5, 5.41) is 2.52. The van der Waals surface area contributed by atoms with Gasteiger partial charge in [-0.2, -0.15) is 0 Å². The number of amides is 2. The summed E-state index contributed by atoms with van der Waals surface area (Å²) in [4.78, 5) is 24.2. The minimum absolute atomic E-state index is 0.0000260. The maximum Gasteiger partial charge on any atom is 0.276 e. The van der Waals surface area contributed by atoms with E-state index in [2.05, 4.69) is 30.0 Å². The third-order valence-corrected chi connectivity index (χ3v) is 4.29. The minimum Gasteiger partial charge on any atom is -0.483 e. The molecule has 6 nitrogen and oxygen atoms in total. The van der Waals surface area contributed by atoms with E-state index in [1.807, 2.05) is 44.2 Å². The first-order chi connectivity index (χ1) is 13.3. The highest BCUT2D eigenvalue weighted by molar-refractivity contribution is 7.80. The molecule has 3 N–H and O–H groups in total. The second-order valence-corrected chi connectivity index (χ2v) is 7.16. The lowest BCUT2D eigenvalue weighted by atomic mass is 10.0. The molecule has 0 saturated carbocycles. The molecule has 28 heavy (non-hydrogen) atoms. The van der Waals surface area contributed by atoms with Crippen LogP contribution in [0.3, 0.4) is 0 Å². The number of rotatable bonds is 5. The molecule has 0 unspecified atom stereocenters. The molecule has 2 aromatic carbocycles. The number of thiocarbonyl (C=S) groups is 1. The number of hydrazine groups is 1. The molecule has 0 bridgehead atoms. The minimum atomic E-state index is -0.413. The summed E-state index contributed by atoms with van der Waals surface area (Å²) in [6, 6.07) is 13.1. The Kier molecular flexibility index (Phi) is 7.52. The normalized spacial score (nSPS) is 10.3. The Morgan fingerprint density at radius 3 is 2.46 bits per heavy atom. The van der Waals surface area contributed by atoms with Crippen LogP contribution >= 0.6 is 12.2 Å². The Morgan fingerprint density at radius 1 is 1.07 bits per heavy atom. The summed E-state index contributed by atoms with van der Waals surface area (Å²) < 4.78 is 5.66. The van der Waals surface area contributed by atoms with Crippen LogP contribution in [-0.4, -0.2) is 23.5 Å². The maximum absolute atomic E-state index is 12.2. The van der Waals surface area contributed by atoms with Crippen molar-refractivity contribution in [2.75, 3.05) is 6.61 Å². The van der Waals surface area contributed by atoms with Gasteiger partial charge in [-0.05, 0) is 60.8 Å². The Hall–Kier alpha value is -2.93. The molecule has 0 saturated heterocycles. The number of benzene rings is 2. The molecule has 2 aromatic rings. The van der Waals surface area contributed by atoms with Crippen molar-refractivity contribution >= 4 is 29.1 Å². The van der Waals surface area contributed by atoms with E-state index in [9.17, 15) is 9.59 Å². The molecular formula is C21H25N3O3S. The number of nitrogens with one attached hydrogen (secondary N) is 3. The van der Waals surface area contributed by atoms with E-state index >= 15 is 0 Å². The van der Waals surface area contributed by atoms with Gasteiger partial charge in [-0.1, -0.05) is 44.2 Å². The molecule has 0 fully saturated rings. The zero-order valence-electron chi connectivity index (χ0n) is 16.5. The highest BCUT2D eigenvalue weighted by Gasteiger charge is 2.12. The topological polar surface area (TPSA) is 79.5 Å². The highest BCUT2D eigenvalue weighted by atomic mass is 32.1. The average Bonchev–Trinajstić information content (AvgIpc) is 2.64. The van der Waals surface area contributed by atoms with Gasteiger partial charge in [0.2, 0.25) is 0 Å². The standard InChI is InChI=1S/C21H25N3O3S/c1-13(2)16-10-9-14(3)11-18(16)27-12-19(25)23-24-21(28)22-20(26)17-8-6-5-7-15(17)4/h5-11,13H,12H2,1-4H3,(H,23,25)(H2,22,24,26,28). The van der Waals surface area contributed by atoms with E-state index in [0.717, 1.165) is 16.7 Å². The highest BCUT2D eigenvalue weighted by Crippen LogP contribution is 2.27. The predicted molar refractivity (Wildman–Crippen MR) is 113 cm³/mol. The van der Waals surface area contributed by atoms with Gasteiger partial charge in [-0.25, -0.2) is 0 Å². The van der Waals surface area contributed by atoms with E-state index < -0.39 is 5.91 Å². The Morgan fingerprint density at radius 2 is 1.79 bits per heavy atom. The first-order valence-corrected chi connectivity index (χ1v) is 9.38. The number of hydrogen-bond donors (Lipinski definition) is 3. The zero-order valence-corrected chi connectivity index (χ0v) is 17.3. The summed E-state index contributed by atoms with van der Waals surface area (Å²) >= 11 is 5.04. The third kappa shape index (κ3) is 6.06. The lowest BCUT2D eigenvalue weighted by molar-refractivity contribution is -0.123. The molecule has 148 valence electrons. The van der Waals surface area contributed by atoms with Crippen LogP contribution in [0.2, 0.25) is 0 Å². The van der Waals surface area contributed by atoms with Crippen molar-refractivity contribution in [2.45, 2.75) is 33.6 Å². The smallest absolute Gasteiger partial charge is 0.276 e. The van der Waals surface area contributed by atoms with Gasteiger partial charge in [0, 0.05) is 5.56 Å². The van der Waals surface area contributed by atoms with Crippen molar-refractivity contribution in [1.29, 1.82) is 0 Å². The van der Waals surface area contributed by atoms with Crippen LogP contribution in [-0.2, 0) is 4.79 Å². The lowest BCUT2D eigenvalue weighted by Gasteiger charge is -2.15. The molecule has 0 atom stereocenters. The van der Waals surface area contributed by atoms with Gasteiger partial charge in [0.05, 0.1) is 0 Å². The maximum atomic E-state index is 12.2. The molecule has 0 aliphatic rings. The van der Waals surface area contributed by atoms with Crippen LogP contribution in [0, 0.1) is 13.8 Å². The van der Waals surface area contributed by atoms with Gasteiger partial charge < -0.3 is 4.74 Å². The molecule has 0 aliphatic carbocycles. The van der Waals surface area contributed by atoms with E-state index in [1.165, 1.54) is 0 Å². The predicted octanol–water partition coefficient (Wildman–Crippen LogP) is 3.14. The zero-order chi connectivity index (χ0) is 20.7. The molecular weight excluding hydrogens is 374 g/mol. The SMILES string of the molecule is Cc1ccc(C(C)C)c(OCC(=O)NNC(=S)NC(=O)c2ccccc2C)c1. The van der Waals surface area contributed by atoms with Crippen LogP contribution in [0.25, 0.3) is 0 Å². The van der Waals surface area contributed by atoms with Gasteiger partial charge >= 0.3 is 0 Å². The summed E-state index contributed by atoms with van der Waals surface area (Å²) in [6.45, 7) is 7.75. The van der Waals surface area contributed by atoms with Gasteiger partial charge in [-0.3, -0.25) is 25.8 Å². The van der Waals surface area contributed by atoms with Crippen molar-refractivity contribution in [3.05, 3.63) is 64.7 Å². The first-order valence-electron chi connectivity index (χ1n) is 8.97. The van der Waals surface area contributed by atoms with Crippen LogP contribution in [0.4, 0.5) is 0 Å². The Balaban J connectivity index is 1.83. The van der Waals surface area contributed by atoms with Crippen molar-refractivity contribution in [1.82, 2.24) is 16.2 Å². The molecule has 0 aliphatic heterocycles. The van der Waals surface area contributed by atoms with Crippen molar-refractivity contribution < 1.29 is 14.3 Å². The van der Waals surface area contributed by atoms with Crippen molar-refractivity contribution in [3.63, 3.8) is 0 Å². The van der Waals surface area contributed by atoms with Gasteiger partial charge in [0.15, 0.2) is 11.7 Å². The quantitative estimate of drug-likeness (QED) is 0.532. The monoisotopic (exact) mass is 399 g/mol. The summed E-state index contributed by atoms with van der Waals surface area (Å²) in [7, 11) is 0. The van der Waals surface area contributed by atoms with Crippen LogP contribution < -0.4 is 20.9 Å². The second kappa shape index (κ2) is 9.85. The molecule has 7 heteroatoms. The third-order valence-electron chi connectivity index (χ3n) is 4.08. The molecule has 2 amide bonds. The van der Waals surface area contributed by atoms with Crippen LogP contribution in [0.15, 0.2) is 42.5 Å². The largest absolute Gasteiger partial charge is 0.483 e. The number of hydrogen-bond acceptors (Lipinski definition) is 4. The van der Waals surface area contributed by atoms with Crippen LogP contribution in [0.1, 0.15) is 46.8 Å². The summed E-state index contributed by atoms with van der Waals surface area (Å²) in [6.07, 6.45) is 0. The van der Waals surface area contributed by atoms with E-state index in [1.54, 1.807) is 12.1 Å². The lowest BCUT2D eigenvalue weighted by Crippen LogP contribution is -2.49.